The van der Waals surface area contributed by atoms with Crippen molar-refractivity contribution in [3.63, 3.8) is 0 Å². The van der Waals surface area contributed by atoms with Crippen molar-refractivity contribution in [1.29, 1.82) is 0 Å². The number of fused-ring (bicyclic) bond motifs is 3. The minimum atomic E-state index is -3.44. The average molecular weight is 494 g/mol. The molecule has 13 heteroatoms. The summed E-state index contributed by atoms with van der Waals surface area (Å²) in [6, 6.07) is 5.30. The smallest absolute Gasteiger partial charge is 0.312 e. The number of piperazine rings is 1. The number of anilines is 1. The molecule has 0 spiro atoms. The van der Waals surface area contributed by atoms with Crippen molar-refractivity contribution in [2.75, 3.05) is 69.7 Å². The zero-order chi connectivity index (χ0) is 23.2. The van der Waals surface area contributed by atoms with Gasteiger partial charge >= 0.3 is 11.8 Å². The van der Waals surface area contributed by atoms with Gasteiger partial charge in [-0.25, -0.2) is 8.42 Å². The van der Waals surface area contributed by atoms with Gasteiger partial charge < -0.3 is 24.3 Å². The van der Waals surface area contributed by atoms with Gasteiger partial charge in [0.1, 0.15) is 0 Å². The van der Waals surface area contributed by atoms with Crippen LogP contribution < -0.4 is 4.90 Å². The molecule has 176 valence electrons. The third-order valence-electron chi connectivity index (χ3n) is 6.06. The Morgan fingerprint density at radius 1 is 0.879 bits per heavy atom. The van der Waals surface area contributed by atoms with E-state index >= 15 is 0 Å². The molecule has 0 N–H and O–H groups in total. The monoisotopic (exact) mass is 493 g/mol. The minimum absolute atomic E-state index is 0.0335. The molecule has 4 aliphatic heterocycles. The number of sulfonamides is 1. The van der Waals surface area contributed by atoms with E-state index in [1.165, 1.54) is 21.6 Å². The lowest BCUT2D eigenvalue weighted by Crippen LogP contribution is -2.55. The maximum Gasteiger partial charge on any atom is 0.312 e. The first kappa shape index (κ1) is 22.2. The van der Waals surface area contributed by atoms with Crippen LogP contribution in [0, 0.1) is 0 Å². The maximum atomic E-state index is 13.1. The predicted octanol–water partition coefficient (Wildman–Crippen LogP) is -0.559. The number of nitrogens with zero attached hydrogens (tertiary/aromatic N) is 5. The Hall–Kier alpha value is -2.64. The first-order chi connectivity index (χ1) is 15.8. The number of carbonyl (C=O) groups is 3. The van der Waals surface area contributed by atoms with Crippen molar-refractivity contribution in [1.82, 2.24) is 14.7 Å². The summed E-state index contributed by atoms with van der Waals surface area (Å²) in [6.45, 7) is 3.29. The summed E-state index contributed by atoms with van der Waals surface area (Å²) in [5.74, 6) is -1.25. The van der Waals surface area contributed by atoms with Crippen LogP contribution in [0.15, 0.2) is 27.5 Å². The molecule has 5 rings (SSSR count). The van der Waals surface area contributed by atoms with Gasteiger partial charge in [0.05, 0.1) is 24.7 Å². The molecule has 0 unspecified atom stereocenters. The second-order valence-corrected chi connectivity index (χ2v) is 10.8. The molecule has 0 aromatic heterocycles. The molecule has 2 saturated heterocycles. The van der Waals surface area contributed by atoms with E-state index in [2.05, 4.69) is 4.40 Å². The lowest BCUT2D eigenvalue weighted by atomic mass is 10.1. The van der Waals surface area contributed by atoms with Crippen molar-refractivity contribution in [3.8, 4) is 0 Å². The molecule has 0 radical (unpaired) electrons. The summed E-state index contributed by atoms with van der Waals surface area (Å²) in [5, 5.41) is 0.415. The fraction of sp³-hybridized carbons (Fsp3) is 0.500. The van der Waals surface area contributed by atoms with E-state index in [4.69, 9.17) is 4.74 Å². The Morgan fingerprint density at radius 3 is 2.21 bits per heavy atom. The predicted molar refractivity (Wildman–Crippen MR) is 121 cm³/mol. The lowest BCUT2D eigenvalue weighted by Gasteiger charge is -2.36. The van der Waals surface area contributed by atoms with Crippen LogP contribution in [-0.2, 0) is 24.3 Å². The van der Waals surface area contributed by atoms with Crippen LogP contribution in [-0.4, -0.2) is 111 Å². The van der Waals surface area contributed by atoms with Crippen molar-refractivity contribution in [2.24, 2.45) is 4.40 Å². The first-order valence-corrected chi connectivity index (χ1v) is 13.1. The molecule has 0 bridgehead atoms. The summed E-state index contributed by atoms with van der Waals surface area (Å²) in [4.78, 5) is 45.4. The van der Waals surface area contributed by atoms with Crippen molar-refractivity contribution < 1.29 is 27.5 Å². The van der Waals surface area contributed by atoms with E-state index in [1.54, 1.807) is 17.0 Å². The van der Waals surface area contributed by atoms with Gasteiger partial charge in [0.15, 0.2) is 5.17 Å². The lowest BCUT2D eigenvalue weighted by molar-refractivity contribution is -0.154. The molecule has 2 fully saturated rings. The molecular weight excluding hydrogens is 470 g/mol. The fourth-order valence-electron chi connectivity index (χ4n) is 4.20. The Kier molecular flexibility index (Phi) is 5.79. The summed E-state index contributed by atoms with van der Waals surface area (Å²) in [6.07, 6.45) is 0. The number of rotatable bonds is 1. The number of morpholine rings is 1. The second kappa shape index (κ2) is 8.61. The first-order valence-electron chi connectivity index (χ1n) is 10.7. The third-order valence-corrected chi connectivity index (χ3v) is 8.36. The summed E-state index contributed by atoms with van der Waals surface area (Å²) in [7, 11) is -3.44. The topological polar surface area (TPSA) is 120 Å². The van der Waals surface area contributed by atoms with Crippen LogP contribution in [0.25, 0.3) is 0 Å². The Bertz CT molecular complexity index is 1140. The van der Waals surface area contributed by atoms with Gasteiger partial charge in [-0.2, -0.15) is 0 Å². The zero-order valence-corrected chi connectivity index (χ0v) is 19.4. The largest absolute Gasteiger partial charge is 0.378 e. The number of amides is 3. The highest BCUT2D eigenvalue weighted by atomic mass is 32.2. The highest BCUT2D eigenvalue weighted by Crippen LogP contribution is 2.42. The SMILES string of the molecule is O=C(C(=O)N1CCN(C(=O)c2ccc3c(c2)SC2=NS(=O)(=O)CCN23)CC1)N1CCOCC1. The Morgan fingerprint density at radius 2 is 1.52 bits per heavy atom. The maximum absolute atomic E-state index is 13.1. The molecule has 11 nitrogen and oxygen atoms in total. The van der Waals surface area contributed by atoms with Gasteiger partial charge in [0.25, 0.3) is 15.9 Å². The highest BCUT2D eigenvalue weighted by molar-refractivity contribution is 8.15. The van der Waals surface area contributed by atoms with Gasteiger partial charge in [-0.05, 0) is 30.0 Å². The summed E-state index contributed by atoms with van der Waals surface area (Å²) in [5.41, 5.74) is 1.34. The van der Waals surface area contributed by atoms with E-state index in [9.17, 15) is 22.8 Å². The molecule has 1 aromatic carbocycles. The van der Waals surface area contributed by atoms with Crippen molar-refractivity contribution in [3.05, 3.63) is 23.8 Å². The van der Waals surface area contributed by atoms with Crippen LogP contribution in [0.4, 0.5) is 5.69 Å². The molecular formula is C20H23N5O6S2. The number of hydrogen-bond acceptors (Lipinski definition) is 8. The molecule has 4 aliphatic rings. The molecule has 33 heavy (non-hydrogen) atoms. The van der Waals surface area contributed by atoms with Gasteiger partial charge in [0.2, 0.25) is 0 Å². The molecule has 0 saturated carbocycles. The molecule has 3 amide bonds. The van der Waals surface area contributed by atoms with Gasteiger partial charge in [0, 0.05) is 56.3 Å². The zero-order valence-electron chi connectivity index (χ0n) is 17.8. The minimum Gasteiger partial charge on any atom is -0.378 e. The van der Waals surface area contributed by atoms with Crippen LogP contribution in [0.5, 0.6) is 0 Å². The molecule has 0 atom stereocenters. The van der Waals surface area contributed by atoms with Crippen molar-refractivity contribution in [2.45, 2.75) is 4.90 Å². The summed E-state index contributed by atoms with van der Waals surface area (Å²) < 4.78 is 32.6. The quantitative estimate of drug-likeness (QED) is 0.478. The van der Waals surface area contributed by atoms with Crippen LogP contribution in [0.2, 0.25) is 0 Å². The number of thioether (sulfide) groups is 1. The number of hydrogen-bond donors (Lipinski definition) is 0. The van der Waals surface area contributed by atoms with Crippen LogP contribution in [0.3, 0.4) is 0 Å². The third kappa shape index (κ3) is 4.32. The summed E-state index contributed by atoms with van der Waals surface area (Å²) >= 11 is 1.24. The van der Waals surface area contributed by atoms with E-state index < -0.39 is 21.8 Å². The number of carbonyl (C=O) groups excluding carboxylic acids is 3. The Balaban J connectivity index is 1.22. The average Bonchev–Trinajstić information content (AvgIpc) is 3.18. The standard InChI is InChI=1S/C20H23N5O6S2/c26-17(14-1-2-15-16(13-14)32-20-21-33(29,30)12-9-25(15)20)22-3-5-23(6-4-22)18(27)19(28)24-7-10-31-11-8-24/h1-2,13H,3-12H2. The molecule has 4 heterocycles. The second-order valence-electron chi connectivity index (χ2n) is 8.09. The van der Waals surface area contributed by atoms with Gasteiger partial charge in [-0.1, -0.05) is 0 Å². The van der Waals surface area contributed by atoms with Gasteiger partial charge in [-0.15, -0.1) is 4.40 Å². The van der Waals surface area contributed by atoms with E-state index in [0.29, 0.717) is 69.8 Å². The fourth-order valence-corrected chi connectivity index (χ4v) is 6.49. The van der Waals surface area contributed by atoms with E-state index in [1.807, 2.05) is 11.0 Å². The normalized spacial score (nSPS) is 21.9. The highest BCUT2D eigenvalue weighted by Gasteiger charge is 2.35. The number of benzene rings is 1. The number of amidine groups is 1. The van der Waals surface area contributed by atoms with Crippen LogP contribution >= 0.6 is 11.8 Å². The van der Waals surface area contributed by atoms with Crippen LogP contribution in [0.1, 0.15) is 10.4 Å². The van der Waals surface area contributed by atoms with Crippen molar-refractivity contribution >= 4 is 50.4 Å². The molecule has 1 aromatic rings. The van der Waals surface area contributed by atoms with Gasteiger partial charge in [-0.3, -0.25) is 14.4 Å². The Labute approximate surface area is 195 Å². The number of ether oxygens (including phenoxy) is 1. The van der Waals surface area contributed by atoms with E-state index in [-0.39, 0.29) is 11.7 Å². The molecule has 0 aliphatic carbocycles. The van der Waals surface area contributed by atoms with E-state index in [0.717, 1.165) is 10.6 Å².